The highest BCUT2D eigenvalue weighted by atomic mass is 16.4. The van der Waals surface area contributed by atoms with E-state index >= 15 is 0 Å². The van der Waals surface area contributed by atoms with Gasteiger partial charge < -0.3 is 5.11 Å². The molecule has 2 nitrogen and oxygen atoms in total. The molecule has 0 spiro atoms. The van der Waals surface area contributed by atoms with Crippen LogP contribution >= 0.6 is 0 Å². The summed E-state index contributed by atoms with van der Waals surface area (Å²) in [4.78, 5) is 10.4. The average molecular weight is 304 g/mol. The minimum absolute atomic E-state index is 0.161. The van der Waals surface area contributed by atoms with E-state index in [0.717, 1.165) is 24.7 Å². The van der Waals surface area contributed by atoms with E-state index < -0.39 is 5.97 Å². The molecular formula is C20H32O2. The molecular weight excluding hydrogens is 272 g/mol. The maximum absolute atomic E-state index is 10.4. The maximum atomic E-state index is 10.4. The van der Waals surface area contributed by atoms with Crippen LogP contribution in [0.25, 0.3) is 0 Å². The van der Waals surface area contributed by atoms with Crippen LogP contribution in [0, 0.1) is 23.7 Å². The number of aliphatic carboxylic acids is 1. The van der Waals surface area contributed by atoms with Crippen LogP contribution in [-0.2, 0) is 4.79 Å². The first kappa shape index (κ1) is 18.8. The first-order valence-corrected chi connectivity index (χ1v) is 9.00. The molecule has 22 heavy (non-hydrogen) atoms. The predicted octanol–water partition coefficient (Wildman–Crippen LogP) is 5.58. The lowest BCUT2D eigenvalue weighted by Crippen LogP contribution is -2.07. The molecule has 0 bridgehead atoms. The van der Waals surface area contributed by atoms with Gasteiger partial charge in [-0.2, -0.15) is 0 Å². The Bertz CT molecular complexity index is 386. The molecule has 0 aliphatic heterocycles. The Morgan fingerprint density at radius 3 is 2.50 bits per heavy atom. The van der Waals surface area contributed by atoms with Crippen LogP contribution in [0.5, 0.6) is 0 Å². The van der Waals surface area contributed by atoms with Crippen molar-refractivity contribution in [2.24, 2.45) is 11.8 Å². The Morgan fingerprint density at radius 2 is 1.82 bits per heavy atom. The molecule has 0 saturated heterocycles. The SMILES string of the molecule is CC#CCCCCC[C@H]1CCC[C@@H]1CCCC=CCC(=O)O. The molecule has 0 radical (unpaired) electrons. The number of hydrogen-bond acceptors (Lipinski definition) is 1. The van der Waals surface area contributed by atoms with Gasteiger partial charge in [0.15, 0.2) is 0 Å². The van der Waals surface area contributed by atoms with Gasteiger partial charge in [-0.25, -0.2) is 0 Å². The average Bonchev–Trinajstić information content (AvgIpc) is 2.93. The van der Waals surface area contributed by atoms with E-state index in [4.69, 9.17) is 5.11 Å². The van der Waals surface area contributed by atoms with E-state index in [1.807, 2.05) is 13.0 Å². The quantitative estimate of drug-likeness (QED) is 0.307. The summed E-state index contributed by atoms with van der Waals surface area (Å²) in [6, 6.07) is 0. The van der Waals surface area contributed by atoms with Crippen molar-refractivity contribution >= 4 is 5.97 Å². The molecule has 1 N–H and O–H groups in total. The molecule has 1 rings (SSSR count). The second-order valence-electron chi connectivity index (χ2n) is 6.48. The first-order valence-electron chi connectivity index (χ1n) is 9.00. The van der Waals surface area contributed by atoms with Crippen LogP contribution in [0.15, 0.2) is 12.2 Å². The normalized spacial score (nSPS) is 21.0. The largest absolute Gasteiger partial charge is 0.481 e. The van der Waals surface area contributed by atoms with Crippen molar-refractivity contribution < 1.29 is 9.90 Å². The van der Waals surface area contributed by atoms with Gasteiger partial charge in [-0.05, 0) is 44.4 Å². The second kappa shape index (κ2) is 12.3. The van der Waals surface area contributed by atoms with E-state index in [0.29, 0.717) is 0 Å². The topological polar surface area (TPSA) is 37.3 Å². The molecule has 0 unspecified atom stereocenters. The van der Waals surface area contributed by atoms with Crippen molar-refractivity contribution in [3.05, 3.63) is 12.2 Å². The summed E-state index contributed by atoms with van der Waals surface area (Å²) >= 11 is 0. The van der Waals surface area contributed by atoms with Crippen molar-refractivity contribution in [3.8, 4) is 11.8 Å². The van der Waals surface area contributed by atoms with Gasteiger partial charge in [0.05, 0.1) is 6.42 Å². The third-order valence-corrected chi connectivity index (χ3v) is 4.77. The number of unbranched alkanes of at least 4 members (excludes halogenated alkanes) is 4. The fraction of sp³-hybridized carbons (Fsp3) is 0.750. The van der Waals surface area contributed by atoms with Gasteiger partial charge in [-0.15, -0.1) is 11.8 Å². The fourth-order valence-corrected chi connectivity index (χ4v) is 3.60. The highest BCUT2D eigenvalue weighted by Gasteiger charge is 2.25. The van der Waals surface area contributed by atoms with E-state index in [-0.39, 0.29) is 6.42 Å². The van der Waals surface area contributed by atoms with Gasteiger partial charge in [0, 0.05) is 6.42 Å². The zero-order valence-electron chi connectivity index (χ0n) is 14.2. The molecule has 0 aromatic carbocycles. The number of rotatable bonds is 11. The summed E-state index contributed by atoms with van der Waals surface area (Å²) in [7, 11) is 0. The molecule has 0 aromatic rings. The molecule has 2 atom stereocenters. The van der Waals surface area contributed by atoms with Gasteiger partial charge in [-0.1, -0.05) is 50.7 Å². The fourth-order valence-electron chi connectivity index (χ4n) is 3.60. The summed E-state index contributed by atoms with van der Waals surface area (Å²) in [5.74, 6) is 7.23. The van der Waals surface area contributed by atoms with E-state index in [2.05, 4.69) is 11.8 Å². The number of carboxylic acids is 1. The highest BCUT2D eigenvalue weighted by molar-refractivity contribution is 5.68. The summed E-state index contributed by atoms with van der Waals surface area (Å²) in [6.07, 6.45) is 18.2. The summed E-state index contributed by atoms with van der Waals surface area (Å²) in [6.45, 7) is 1.92. The Morgan fingerprint density at radius 1 is 1.09 bits per heavy atom. The molecule has 1 saturated carbocycles. The molecule has 0 aromatic heterocycles. The molecule has 1 aliphatic carbocycles. The smallest absolute Gasteiger partial charge is 0.307 e. The van der Waals surface area contributed by atoms with Crippen molar-refractivity contribution in [1.29, 1.82) is 0 Å². The monoisotopic (exact) mass is 304 g/mol. The molecule has 1 aliphatic rings. The zero-order chi connectivity index (χ0) is 16.0. The Kier molecular flexibility index (Phi) is 10.5. The minimum atomic E-state index is -0.739. The number of allylic oxidation sites excluding steroid dienone is 1. The number of hydrogen-bond donors (Lipinski definition) is 1. The van der Waals surface area contributed by atoms with Crippen molar-refractivity contribution in [3.63, 3.8) is 0 Å². The third-order valence-electron chi connectivity index (χ3n) is 4.77. The van der Waals surface area contributed by atoms with E-state index in [9.17, 15) is 4.79 Å². The predicted molar refractivity (Wildman–Crippen MR) is 92.6 cm³/mol. The summed E-state index contributed by atoms with van der Waals surface area (Å²) < 4.78 is 0. The van der Waals surface area contributed by atoms with Gasteiger partial charge in [-0.3, -0.25) is 4.79 Å². The van der Waals surface area contributed by atoms with Crippen LogP contribution in [0.1, 0.15) is 84.0 Å². The molecule has 0 amide bonds. The Hall–Kier alpha value is -1.23. The van der Waals surface area contributed by atoms with Gasteiger partial charge in [0.1, 0.15) is 0 Å². The van der Waals surface area contributed by atoms with Crippen LogP contribution in [0.4, 0.5) is 0 Å². The Balaban J connectivity index is 2.08. The second-order valence-corrected chi connectivity index (χ2v) is 6.48. The maximum Gasteiger partial charge on any atom is 0.307 e. The molecule has 2 heteroatoms. The molecule has 0 heterocycles. The lowest BCUT2D eigenvalue weighted by Gasteiger charge is -2.19. The molecule has 124 valence electrons. The van der Waals surface area contributed by atoms with E-state index in [1.165, 1.54) is 57.8 Å². The Labute approximate surface area is 136 Å². The van der Waals surface area contributed by atoms with Crippen molar-refractivity contribution in [1.82, 2.24) is 0 Å². The standard InChI is InChI=1S/C20H32O2/c1-2-3-4-5-6-9-13-18-15-12-16-19(18)14-10-7-8-11-17-20(21)22/h8,11,18-19H,4-7,9-10,12-17H2,1H3,(H,21,22)/t18-,19-/m0/s1. The summed E-state index contributed by atoms with van der Waals surface area (Å²) in [5.41, 5.74) is 0. The van der Waals surface area contributed by atoms with Gasteiger partial charge in [0.2, 0.25) is 0 Å². The lowest BCUT2D eigenvalue weighted by atomic mass is 9.87. The van der Waals surface area contributed by atoms with Gasteiger partial charge >= 0.3 is 5.97 Å². The first-order chi connectivity index (χ1) is 10.7. The zero-order valence-corrected chi connectivity index (χ0v) is 14.2. The highest BCUT2D eigenvalue weighted by Crippen LogP contribution is 2.38. The molecule has 1 fully saturated rings. The van der Waals surface area contributed by atoms with Crippen LogP contribution in [-0.4, -0.2) is 11.1 Å². The lowest BCUT2D eigenvalue weighted by molar-refractivity contribution is -0.136. The third kappa shape index (κ3) is 8.93. The van der Waals surface area contributed by atoms with Crippen LogP contribution in [0.3, 0.4) is 0 Å². The van der Waals surface area contributed by atoms with Crippen molar-refractivity contribution in [2.75, 3.05) is 0 Å². The minimum Gasteiger partial charge on any atom is -0.481 e. The van der Waals surface area contributed by atoms with Crippen LogP contribution in [0.2, 0.25) is 0 Å². The number of carbonyl (C=O) groups is 1. The van der Waals surface area contributed by atoms with Crippen LogP contribution < -0.4 is 0 Å². The summed E-state index contributed by atoms with van der Waals surface area (Å²) in [5, 5.41) is 8.57. The van der Waals surface area contributed by atoms with E-state index in [1.54, 1.807) is 6.08 Å². The number of carboxylic acid groups (broad SMARTS) is 1. The van der Waals surface area contributed by atoms with Crippen molar-refractivity contribution in [2.45, 2.75) is 84.0 Å². The van der Waals surface area contributed by atoms with Gasteiger partial charge in [0.25, 0.3) is 0 Å².